The topological polar surface area (TPSA) is 91.1 Å². The fourth-order valence-electron chi connectivity index (χ4n) is 2.55. The third kappa shape index (κ3) is 4.81. The number of hydrazone groups is 2. The molecule has 1 heterocycles. The summed E-state index contributed by atoms with van der Waals surface area (Å²) in [5.74, 6) is 0.224. The van der Waals surface area contributed by atoms with Crippen LogP contribution in [0.4, 0.5) is 5.69 Å². The van der Waals surface area contributed by atoms with Crippen LogP contribution in [0.2, 0.25) is 0 Å². The number of ketones is 1. The molecule has 27 heavy (non-hydrogen) atoms. The van der Waals surface area contributed by atoms with E-state index in [4.69, 9.17) is 0 Å². The molecule has 8 heteroatoms. The van der Waals surface area contributed by atoms with Gasteiger partial charge in [-0.05, 0) is 25.1 Å². The molecule has 0 atom stereocenters. The van der Waals surface area contributed by atoms with Crippen LogP contribution in [0.25, 0.3) is 0 Å². The Morgan fingerprint density at radius 2 is 1.85 bits per heavy atom. The van der Waals surface area contributed by atoms with Gasteiger partial charge in [-0.2, -0.15) is 15.3 Å². The van der Waals surface area contributed by atoms with Crippen LogP contribution in [-0.2, 0) is 6.42 Å². The third-order valence-corrected chi connectivity index (χ3v) is 3.96. The first-order valence-electron chi connectivity index (χ1n) is 8.46. The lowest BCUT2D eigenvalue weighted by Crippen LogP contribution is -2.34. The molecule has 0 spiro atoms. The van der Waals surface area contributed by atoms with Gasteiger partial charge in [-0.3, -0.25) is 9.59 Å². The molecule has 0 aliphatic heterocycles. The summed E-state index contributed by atoms with van der Waals surface area (Å²) in [7, 11) is 0. The SMILES string of the molecule is C=NN(N=C)c1ccccc1C(=O)N(CC)CCc1nccc(C(C)=O)n1. The molecule has 0 radical (unpaired) electrons. The van der Waals surface area contributed by atoms with Gasteiger partial charge in [0.05, 0.1) is 11.3 Å². The van der Waals surface area contributed by atoms with Crippen LogP contribution in [0.5, 0.6) is 0 Å². The number of benzene rings is 1. The maximum absolute atomic E-state index is 13.0. The highest BCUT2D eigenvalue weighted by atomic mass is 16.2. The van der Waals surface area contributed by atoms with Crippen molar-refractivity contribution in [1.82, 2.24) is 14.9 Å². The average molecular weight is 366 g/mol. The van der Waals surface area contributed by atoms with Gasteiger partial charge in [0.2, 0.25) is 0 Å². The second-order valence-corrected chi connectivity index (χ2v) is 5.64. The van der Waals surface area contributed by atoms with Crippen molar-refractivity contribution in [2.75, 3.05) is 18.2 Å². The van der Waals surface area contributed by atoms with E-state index in [1.54, 1.807) is 41.4 Å². The minimum Gasteiger partial charge on any atom is -0.338 e. The number of hydrogen-bond donors (Lipinski definition) is 0. The zero-order valence-electron chi connectivity index (χ0n) is 15.5. The lowest BCUT2D eigenvalue weighted by molar-refractivity contribution is 0.0765. The van der Waals surface area contributed by atoms with Crippen molar-refractivity contribution >= 4 is 30.8 Å². The first kappa shape index (κ1) is 19.9. The maximum Gasteiger partial charge on any atom is 0.256 e. The van der Waals surface area contributed by atoms with Gasteiger partial charge in [-0.1, -0.05) is 12.1 Å². The summed E-state index contributed by atoms with van der Waals surface area (Å²) in [5, 5.41) is 8.72. The van der Waals surface area contributed by atoms with Crippen LogP contribution >= 0.6 is 0 Å². The van der Waals surface area contributed by atoms with E-state index in [0.29, 0.717) is 42.3 Å². The zero-order chi connectivity index (χ0) is 19.8. The monoisotopic (exact) mass is 366 g/mol. The highest BCUT2D eigenvalue weighted by Gasteiger charge is 2.20. The summed E-state index contributed by atoms with van der Waals surface area (Å²) in [5.41, 5.74) is 1.31. The molecule has 2 aromatic rings. The number of carbonyl (C=O) groups is 2. The van der Waals surface area contributed by atoms with Crippen LogP contribution in [0.3, 0.4) is 0 Å². The molecule has 0 fully saturated rings. The van der Waals surface area contributed by atoms with E-state index >= 15 is 0 Å². The standard InChI is InChI=1S/C19H22N6O2/c1-5-24(13-11-18-22-12-10-16(23-18)14(2)26)19(27)15-8-6-7-9-17(15)25(20-3)21-4/h6-10,12H,3-5,11,13H2,1-2H3. The number of aromatic nitrogens is 2. The van der Waals surface area contributed by atoms with E-state index in [2.05, 4.69) is 33.6 Å². The van der Waals surface area contributed by atoms with Crippen molar-refractivity contribution in [1.29, 1.82) is 0 Å². The fraction of sp³-hybridized carbons (Fsp3) is 0.263. The molecule has 0 saturated carbocycles. The Balaban J connectivity index is 2.19. The van der Waals surface area contributed by atoms with Gasteiger partial charge >= 0.3 is 0 Å². The molecule has 2 rings (SSSR count). The predicted octanol–water partition coefficient (Wildman–Crippen LogP) is 2.42. The number of Topliss-reactive ketones (excluding diaryl/α,β-unsaturated/α-hetero) is 1. The van der Waals surface area contributed by atoms with E-state index in [9.17, 15) is 9.59 Å². The molecule has 1 aromatic carbocycles. The average Bonchev–Trinajstić information content (AvgIpc) is 2.70. The van der Waals surface area contributed by atoms with Gasteiger partial charge in [0.15, 0.2) is 5.78 Å². The number of para-hydroxylation sites is 1. The maximum atomic E-state index is 13.0. The Labute approximate surface area is 158 Å². The van der Waals surface area contributed by atoms with E-state index in [0.717, 1.165) is 0 Å². The van der Waals surface area contributed by atoms with Crippen LogP contribution in [-0.4, -0.2) is 53.1 Å². The van der Waals surface area contributed by atoms with Crippen LogP contribution in [0, 0.1) is 0 Å². The second-order valence-electron chi connectivity index (χ2n) is 5.64. The molecule has 0 aliphatic rings. The van der Waals surface area contributed by atoms with E-state index in [-0.39, 0.29) is 11.7 Å². The van der Waals surface area contributed by atoms with Crippen LogP contribution < -0.4 is 5.12 Å². The number of anilines is 1. The summed E-state index contributed by atoms with van der Waals surface area (Å²) in [4.78, 5) is 34.5. The molecule has 1 aromatic heterocycles. The third-order valence-electron chi connectivity index (χ3n) is 3.96. The van der Waals surface area contributed by atoms with Crippen molar-refractivity contribution < 1.29 is 9.59 Å². The number of nitrogens with zero attached hydrogens (tertiary/aromatic N) is 6. The van der Waals surface area contributed by atoms with Crippen molar-refractivity contribution in [3.8, 4) is 0 Å². The minimum atomic E-state index is -0.173. The van der Waals surface area contributed by atoms with Gasteiger partial charge < -0.3 is 4.90 Å². The summed E-state index contributed by atoms with van der Waals surface area (Å²) in [6.45, 7) is 11.2. The van der Waals surface area contributed by atoms with Gasteiger partial charge in [-0.25, -0.2) is 9.97 Å². The smallest absolute Gasteiger partial charge is 0.256 e. The Kier molecular flexibility index (Phi) is 6.87. The van der Waals surface area contributed by atoms with Gasteiger partial charge in [0.25, 0.3) is 5.91 Å². The van der Waals surface area contributed by atoms with Crippen molar-refractivity contribution in [3.05, 3.63) is 53.6 Å². The number of likely N-dealkylation sites (N-methyl/N-ethyl adjacent to an activating group) is 1. The van der Waals surface area contributed by atoms with Gasteiger partial charge in [0, 0.05) is 46.1 Å². The zero-order valence-corrected chi connectivity index (χ0v) is 15.5. The highest BCUT2D eigenvalue weighted by Crippen LogP contribution is 2.22. The summed E-state index contributed by atoms with van der Waals surface area (Å²) >= 11 is 0. The first-order chi connectivity index (χ1) is 13.0. The number of carbonyl (C=O) groups excluding carboxylic acids is 2. The Morgan fingerprint density at radius 1 is 1.15 bits per heavy atom. The normalized spacial score (nSPS) is 10.1. The molecule has 1 amide bonds. The summed E-state index contributed by atoms with van der Waals surface area (Å²) < 4.78 is 0. The second kappa shape index (κ2) is 9.33. The highest BCUT2D eigenvalue weighted by molar-refractivity contribution is 5.99. The van der Waals surface area contributed by atoms with E-state index < -0.39 is 0 Å². The largest absolute Gasteiger partial charge is 0.338 e. The van der Waals surface area contributed by atoms with Gasteiger partial charge in [0.1, 0.15) is 11.5 Å². The number of rotatable bonds is 9. The van der Waals surface area contributed by atoms with Crippen molar-refractivity contribution in [2.24, 2.45) is 10.2 Å². The molecular weight excluding hydrogens is 344 g/mol. The molecular formula is C19H22N6O2. The summed E-state index contributed by atoms with van der Waals surface area (Å²) in [6, 6.07) is 8.56. The fourth-order valence-corrected chi connectivity index (χ4v) is 2.55. The Morgan fingerprint density at radius 3 is 2.48 bits per heavy atom. The lowest BCUT2D eigenvalue weighted by atomic mass is 10.1. The van der Waals surface area contributed by atoms with Gasteiger partial charge in [-0.15, -0.1) is 0 Å². The van der Waals surface area contributed by atoms with E-state index in [1.165, 1.54) is 12.0 Å². The summed E-state index contributed by atoms with van der Waals surface area (Å²) in [6.07, 6.45) is 1.99. The minimum absolute atomic E-state index is 0.120. The quantitative estimate of drug-likeness (QED) is 0.386. The predicted molar refractivity (Wildman–Crippen MR) is 105 cm³/mol. The van der Waals surface area contributed by atoms with Crippen LogP contribution in [0.1, 0.15) is 40.5 Å². The van der Waals surface area contributed by atoms with Crippen molar-refractivity contribution in [3.63, 3.8) is 0 Å². The number of hydrogen-bond acceptors (Lipinski definition) is 7. The first-order valence-corrected chi connectivity index (χ1v) is 8.46. The van der Waals surface area contributed by atoms with Crippen LogP contribution in [0.15, 0.2) is 46.7 Å². The Hall–Kier alpha value is -3.42. The molecule has 0 saturated heterocycles. The lowest BCUT2D eigenvalue weighted by Gasteiger charge is -2.23. The number of amides is 1. The molecule has 140 valence electrons. The van der Waals surface area contributed by atoms with Crippen molar-refractivity contribution in [2.45, 2.75) is 20.3 Å². The molecule has 0 N–H and O–H groups in total. The van der Waals surface area contributed by atoms with E-state index in [1.807, 2.05) is 6.92 Å². The molecule has 0 unspecified atom stereocenters. The Bertz CT molecular complexity index is 844. The molecule has 8 nitrogen and oxygen atoms in total. The molecule has 0 bridgehead atoms. The molecule has 0 aliphatic carbocycles.